The van der Waals surface area contributed by atoms with Crippen molar-refractivity contribution in [2.75, 3.05) is 86.8 Å². The fourth-order valence-corrected chi connectivity index (χ4v) is 21.4. The van der Waals surface area contributed by atoms with Crippen LogP contribution in [0, 0.1) is 22.7 Å². The van der Waals surface area contributed by atoms with Crippen LogP contribution in [0.4, 0.5) is 31.7 Å². The highest BCUT2D eigenvalue weighted by molar-refractivity contribution is 9.11. The minimum Gasteiger partial charge on any atom is -0.471 e. The molecule has 0 aliphatic rings. The number of anilines is 5. The van der Waals surface area contributed by atoms with E-state index in [1.54, 1.807) is 122 Å². The van der Waals surface area contributed by atoms with Gasteiger partial charge in [-0.2, -0.15) is 30.5 Å². The van der Waals surface area contributed by atoms with E-state index >= 15 is 0 Å². The smallest absolute Gasteiger partial charge is 0.407 e. The minimum atomic E-state index is -0.681. The van der Waals surface area contributed by atoms with Gasteiger partial charge in [0.2, 0.25) is 23.7 Å². The number of nitrogens with one attached hydrogen (secondary N) is 3. The zero-order chi connectivity index (χ0) is 90.5. The van der Waals surface area contributed by atoms with Gasteiger partial charge in [0.15, 0.2) is 11.3 Å². The number of halogens is 1. The Morgan fingerprint density at radius 3 is 1.28 bits per heavy atom. The van der Waals surface area contributed by atoms with Crippen LogP contribution in [0.2, 0.25) is 0 Å². The van der Waals surface area contributed by atoms with Crippen molar-refractivity contribution in [2.45, 2.75) is 79.0 Å². The van der Waals surface area contributed by atoms with Gasteiger partial charge in [0, 0.05) is 94.7 Å². The molecule has 0 spiro atoms. The summed E-state index contributed by atoms with van der Waals surface area (Å²) < 4.78 is 38.6. The highest BCUT2D eigenvalue weighted by Crippen LogP contribution is 2.42. The Morgan fingerprint density at radius 2 is 0.867 bits per heavy atom. The molecule has 18 aromatic rings. The van der Waals surface area contributed by atoms with Crippen LogP contribution in [0.25, 0.3) is 115 Å². The predicted octanol–water partition coefficient (Wildman–Crippen LogP) is 20.7. The molecule has 11 N–H and O–H groups in total. The fourth-order valence-electron chi connectivity index (χ4n) is 12.8. The van der Waals surface area contributed by atoms with Gasteiger partial charge in [-0.3, -0.25) is 0 Å². The van der Waals surface area contributed by atoms with E-state index in [0.29, 0.717) is 73.4 Å². The number of nitriles is 2. The van der Waals surface area contributed by atoms with E-state index < -0.39 is 29.2 Å². The van der Waals surface area contributed by atoms with E-state index in [1.165, 1.54) is 84.5 Å². The molecular formula is C92H88BrN17O10S8. The Morgan fingerprint density at radius 1 is 0.492 bits per heavy atom. The number of carbonyl (C=O) groups excluding carboxylic acids is 3. The number of hydrogen-bond donors (Lipinski definition) is 8. The first-order valence-corrected chi connectivity index (χ1v) is 47.4. The third-order valence-electron chi connectivity index (χ3n) is 19.2. The van der Waals surface area contributed by atoms with Crippen molar-refractivity contribution in [3.8, 4) is 23.9 Å². The number of nitrogens with zero attached hydrogens (tertiary/aromatic N) is 11. The molecule has 0 atom stereocenters. The van der Waals surface area contributed by atoms with Crippen molar-refractivity contribution in [3.63, 3.8) is 0 Å². The number of esters is 2. The van der Waals surface area contributed by atoms with Gasteiger partial charge >= 0.3 is 18.0 Å². The first-order valence-electron chi connectivity index (χ1n) is 39.9. The van der Waals surface area contributed by atoms with E-state index in [2.05, 4.69) is 162 Å². The van der Waals surface area contributed by atoms with Crippen molar-refractivity contribution in [1.82, 2.24) is 45.2 Å². The number of benzene rings is 6. The lowest BCUT2D eigenvalue weighted by Crippen LogP contribution is -2.28. The number of alkyl carbamates (subject to hydrolysis) is 1. The Balaban J connectivity index is 0.000000142. The van der Waals surface area contributed by atoms with Crippen LogP contribution >= 0.6 is 107 Å². The molecule has 27 nitrogen and oxygen atoms in total. The number of aliphatic hydroxyl groups excluding tert-OH is 2. The van der Waals surface area contributed by atoms with E-state index in [0.717, 1.165) is 82.4 Å². The van der Waals surface area contributed by atoms with E-state index in [1.807, 2.05) is 104 Å². The summed E-state index contributed by atoms with van der Waals surface area (Å²) in [5.74, 6) is -0.296. The minimum absolute atomic E-state index is 0.00351. The maximum absolute atomic E-state index is 12.4. The van der Waals surface area contributed by atoms with Crippen molar-refractivity contribution < 1.29 is 48.3 Å². The molecule has 0 aliphatic heterocycles. The third-order valence-corrected chi connectivity index (χ3v) is 28.3. The Bertz CT molecular complexity index is 6980. The van der Waals surface area contributed by atoms with Gasteiger partial charge in [-0.1, -0.05) is 48.5 Å². The molecule has 36 heteroatoms. The average Bonchev–Trinajstić information content (AvgIpc) is 1.64. The average molecular weight is 1930 g/mol. The number of H-pyrrole nitrogens is 2. The van der Waals surface area contributed by atoms with E-state index in [9.17, 15) is 24.9 Å². The normalized spacial score (nSPS) is 11.7. The third kappa shape index (κ3) is 23.7. The molecule has 656 valence electrons. The molecule has 1 amide bonds. The largest absolute Gasteiger partial charge is 0.471 e. The molecule has 0 radical (unpaired) electrons. The number of nitrogens with two attached hydrogens (primary N) is 3. The number of amides is 1. The van der Waals surface area contributed by atoms with Crippen LogP contribution in [0.1, 0.15) is 73.6 Å². The van der Waals surface area contributed by atoms with Crippen molar-refractivity contribution in [3.05, 3.63) is 216 Å². The van der Waals surface area contributed by atoms with Crippen LogP contribution < -0.4 is 46.7 Å². The lowest BCUT2D eigenvalue weighted by Gasteiger charge is -2.18. The first-order chi connectivity index (χ1) is 61.5. The SMILES string of the molecule is Brc1cc2cc3sccc3cc2s1.CN(CCO)c1cc2cc3sc(/C=C(\C#N)C(=O)OC(C)(C)C)cc3cc2s1.CN(CCO)c1cc2cc3sccc3cc2s1.CN(CCOC(=O)NCc1ccc(COc2nc(N)nc3nc[nH]c23)cc1)c1cc2cc3sc(/C=C(\C#N)C(=O)OC(C)(C)C)cc3cc2s1.NCc1ccc(COc2nc(N)nc3nc[nH]c23)cc1. The number of aromatic nitrogens is 8. The van der Waals surface area contributed by atoms with Gasteiger partial charge in [0.05, 0.1) is 51.2 Å². The summed E-state index contributed by atoms with van der Waals surface area (Å²) in [6.07, 6.45) is 5.71. The van der Waals surface area contributed by atoms with Crippen LogP contribution in [-0.4, -0.2) is 140 Å². The number of nitrogen functional groups attached to an aromatic ring is 2. The van der Waals surface area contributed by atoms with Gasteiger partial charge in [-0.05, 0) is 243 Å². The maximum atomic E-state index is 12.4. The molecule has 0 saturated carbocycles. The van der Waals surface area contributed by atoms with Crippen LogP contribution in [0.3, 0.4) is 0 Å². The Labute approximate surface area is 775 Å². The van der Waals surface area contributed by atoms with Crippen LogP contribution in [0.15, 0.2) is 184 Å². The van der Waals surface area contributed by atoms with Gasteiger partial charge in [-0.25, -0.2) is 24.4 Å². The molecule has 12 heterocycles. The second-order valence-electron chi connectivity index (χ2n) is 31.1. The van der Waals surface area contributed by atoms with Gasteiger partial charge in [0.25, 0.3) is 0 Å². The van der Waals surface area contributed by atoms with E-state index in [-0.39, 0.29) is 49.5 Å². The molecular weight excluding hydrogens is 1840 g/mol. The molecule has 0 aliphatic carbocycles. The monoisotopic (exact) mass is 1930 g/mol. The second-order valence-corrected chi connectivity index (χ2v) is 40.9. The number of thiophene rings is 8. The van der Waals surface area contributed by atoms with Crippen molar-refractivity contribution in [1.29, 1.82) is 10.5 Å². The highest BCUT2D eigenvalue weighted by atomic mass is 79.9. The molecule has 6 aromatic carbocycles. The number of hydrogen-bond acceptors (Lipinski definition) is 32. The van der Waals surface area contributed by atoms with E-state index in [4.69, 9.17) is 51.1 Å². The molecule has 12 aromatic heterocycles. The standard InChI is InChI=1S/C35H34N8O5S2.C21H22N2O3S2.C13H14N6O.C13H13NOS2.C10H5BrS2/c1-35(2,3)48-32(44)24(16-36)12-25-11-22-13-27-23(14-26(22)49-25)15-28(50-27)43(4)9-10-46-34(45)38-17-20-5-7-21(8-6-20)18-47-31-29-30(40-19-39-29)41-33(37)42-31;1-21(2,3)26-20(25)15(12-22)8-16-7-13-9-18-14(10-17(13)27-16)11-19(28-18)23(4)5-6-24;14-5-8-1-3-9(4-2-8)6-20-12-10-11(17-7-16-10)18-13(15)19-12;1-14(3-4-15)13-8-10-7-11-9(2-5-16-11)6-12(10)17-13;11-10-5-7-4-8-6(1-2-12-8)3-9(7)13-10/h5-8,11-15,19H,9-10,17-18H2,1-4H3,(H,38,45)(H3,37,39,40,41,42);7-11,24H,5-6H2,1-4H3;1-4,7H,5-6,14H2,(H3,15,16,17,18,19);2,5-8,15H,3-4H2,1H3;1-5H/b24-12+;15-8+;;;. The molecule has 0 saturated heterocycles. The Kier molecular flexibility index (Phi) is 29.6. The number of fused-ring (bicyclic) bond motifs is 10. The summed E-state index contributed by atoms with van der Waals surface area (Å²) in [6.45, 7) is 14.4. The quantitative estimate of drug-likeness (QED) is 0.0128. The lowest BCUT2D eigenvalue weighted by molar-refractivity contribution is -0.150. The maximum Gasteiger partial charge on any atom is 0.407 e. The second kappa shape index (κ2) is 41.2. The topological polar surface area (TPSA) is 394 Å². The summed E-state index contributed by atoms with van der Waals surface area (Å²) in [4.78, 5) is 75.1. The summed E-state index contributed by atoms with van der Waals surface area (Å²) >= 11 is 17.0. The number of carbonyl (C=O) groups is 3. The molecule has 0 bridgehead atoms. The van der Waals surface area contributed by atoms with Gasteiger partial charge in [-0.15, -0.1) is 90.7 Å². The summed E-state index contributed by atoms with van der Waals surface area (Å²) in [5, 5.41) is 57.0. The number of likely N-dealkylation sites (N-methyl/N-ethyl adjacent to an activating group) is 3. The summed E-state index contributed by atoms with van der Waals surface area (Å²) in [7, 11) is 5.94. The number of ether oxygens (including phenoxy) is 5. The molecule has 128 heavy (non-hydrogen) atoms. The van der Waals surface area contributed by atoms with Crippen LogP contribution in [0.5, 0.6) is 11.8 Å². The molecule has 0 unspecified atom stereocenters. The number of rotatable bonds is 23. The lowest BCUT2D eigenvalue weighted by atomic mass is 10.1. The fraction of sp³-hybridized carbons (Fsp3) is 0.228. The molecule has 18 rings (SSSR count). The highest BCUT2D eigenvalue weighted by Gasteiger charge is 2.24. The first kappa shape index (κ1) is 91.9. The van der Waals surface area contributed by atoms with Gasteiger partial charge in [0.1, 0.15) is 65.3 Å². The van der Waals surface area contributed by atoms with Crippen molar-refractivity contribution >= 4 is 267 Å². The number of imidazole rings is 2. The number of aromatic amines is 2. The van der Waals surface area contributed by atoms with Crippen LogP contribution in [-0.2, 0) is 50.1 Å². The zero-order valence-electron chi connectivity index (χ0n) is 70.8. The zero-order valence-corrected chi connectivity index (χ0v) is 79.0. The van der Waals surface area contributed by atoms with Gasteiger partial charge < -0.3 is 81.1 Å². The number of aliphatic hydroxyl groups is 2. The predicted molar refractivity (Wildman–Crippen MR) is 529 cm³/mol. The summed E-state index contributed by atoms with van der Waals surface area (Å²) in [5.41, 5.74) is 21.6. The van der Waals surface area contributed by atoms with Crippen molar-refractivity contribution in [2.24, 2.45) is 5.73 Å². The summed E-state index contributed by atoms with van der Waals surface area (Å²) in [6, 6.07) is 53.8. The Hall–Kier alpha value is -12.3. The molecule has 0 fully saturated rings.